The fourth-order valence-electron chi connectivity index (χ4n) is 2.01. The van der Waals surface area contributed by atoms with Crippen molar-refractivity contribution in [2.24, 2.45) is 5.41 Å². The summed E-state index contributed by atoms with van der Waals surface area (Å²) in [6.07, 6.45) is 6.05. The van der Waals surface area contributed by atoms with Gasteiger partial charge in [-0.3, -0.25) is 9.20 Å². The Labute approximate surface area is 110 Å². The lowest BCUT2D eigenvalue weighted by Gasteiger charge is -2.27. The molecule has 2 aromatic rings. The Morgan fingerprint density at radius 3 is 2.84 bits per heavy atom. The molecule has 0 aliphatic rings. The lowest BCUT2D eigenvalue weighted by atomic mass is 9.82. The molecule has 0 atom stereocenters. The predicted octanol–water partition coefficient (Wildman–Crippen LogP) is 1.43. The Morgan fingerprint density at radius 1 is 1.47 bits per heavy atom. The number of hydrogen-bond donors (Lipinski definition) is 2. The van der Waals surface area contributed by atoms with E-state index in [-0.39, 0.29) is 0 Å². The summed E-state index contributed by atoms with van der Waals surface area (Å²) in [4.78, 5) is 15.6. The van der Waals surface area contributed by atoms with Crippen molar-refractivity contribution in [3.8, 4) is 0 Å². The van der Waals surface area contributed by atoms with Crippen LogP contribution in [0.2, 0.25) is 0 Å². The van der Waals surface area contributed by atoms with Gasteiger partial charge in [-0.1, -0.05) is 13.8 Å². The molecular weight excluding hydrogens is 246 g/mol. The SMILES string of the molecule is CCC(CC)(CNc1nccn2cnnc12)C(=O)O. The molecule has 2 aromatic heterocycles. The van der Waals surface area contributed by atoms with Crippen LogP contribution in [-0.2, 0) is 4.79 Å². The van der Waals surface area contributed by atoms with Crippen LogP contribution in [0, 0.1) is 5.41 Å². The van der Waals surface area contributed by atoms with E-state index in [9.17, 15) is 9.90 Å². The van der Waals surface area contributed by atoms with Crippen LogP contribution in [0.1, 0.15) is 26.7 Å². The Bertz CT molecular complexity index is 576. The molecule has 0 aliphatic carbocycles. The van der Waals surface area contributed by atoms with Gasteiger partial charge in [0, 0.05) is 18.9 Å². The van der Waals surface area contributed by atoms with Gasteiger partial charge < -0.3 is 10.4 Å². The van der Waals surface area contributed by atoms with Crippen LogP contribution in [0.15, 0.2) is 18.7 Å². The van der Waals surface area contributed by atoms with Crippen molar-refractivity contribution < 1.29 is 9.90 Å². The zero-order chi connectivity index (χ0) is 13.9. The van der Waals surface area contributed by atoms with E-state index in [1.807, 2.05) is 13.8 Å². The molecule has 7 nitrogen and oxygen atoms in total. The second kappa shape index (κ2) is 5.21. The number of rotatable bonds is 6. The van der Waals surface area contributed by atoms with E-state index in [0.717, 1.165) is 0 Å². The molecule has 0 fully saturated rings. The summed E-state index contributed by atoms with van der Waals surface area (Å²) in [5.74, 6) is -0.244. The molecule has 0 saturated heterocycles. The van der Waals surface area contributed by atoms with E-state index in [4.69, 9.17) is 0 Å². The molecule has 0 saturated carbocycles. The highest BCUT2D eigenvalue weighted by Crippen LogP contribution is 2.27. The van der Waals surface area contributed by atoms with E-state index in [2.05, 4.69) is 20.5 Å². The van der Waals surface area contributed by atoms with Gasteiger partial charge in [-0.25, -0.2) is 4.98 Å². The quantitative estimate of drug-likeness (QED) is 0.819. The van der Waals surface area contributed by atoms with Crippen molar-refractivity contribution in [2.75, 3.05) is 11.9 Å². The normalized spacial score (nSPS) is 11.7. The zero-order valence-electron chi connectivity index (χ0n) is 11.0. The topological polar surface area (TPSA) is 92.4 Å². The van der Waals surface area contributed by atoms with Crippen molar-refractivity contribution in [1.82, 2.24) is 19.6 Å². The van der Waals surface area contributed by atoms with Crippen LogP contribution < -0.4 is 5.32 Å². The average molecular weight is 263 g/mol. The van der Waals surface area contributed by atoms with Crippen molar-refractivity contribution in [2.45, 2.75) is 26.7 Å². The second-order valence-corrected chi connectivity index (χ2v) is 4.48. The predicted molar refractivity (Wildman–Crippen MR) is 69.9 cm³/mol. The van der Waals surface area contributed by atoms with Crippen LogP contribution in [-0.4, -0.2) is 37.2 Å². The highest BCUT2D eigenvalue weighted by Gasteiger charge is 2.34. The van der Waals surface area contributed by atoms with Gasteiger partial charge in [-0.05, 0) is 12.8 Å². The molecule has 7 heteroatoms. The van der Waals surface area contributed by atoms with Gasteiger partial charge in [0.05, 0.1) is 5.41 Å². The smallest absolute Gasteiger partial charge is 0.311 e. The number of carbonyl (C=O) groups is 1. The first-order valence-electron chi connectivity index (χ1n) is 6.24. The van der Waals surface area contributed by atoms with Crippen molar-refractivity contribution in [1.29, 1.82) is 0 Å². The molecule has 2 N–H and O–H groups in total. The van der Waals surface area contributed by atoms with Gasteiger partial charge in [0.1, 0.15) is 6.33 Å². The molecule has 0 aliphatic heterocycles. The third-order valence-electron chi connectivity index (χ3n) is 3.62. The molecule has 0 amide bonds. The Morgan fingerprint density at radius 2 is 2.21 bits per heavy atom. The summed E-state index contributed by atoms with van der Waals surface area (Å²) in [6.45, 7) is 4.07. The Hall–Kier alpha value is -2.18. The van der Waals surface area contributed by atoms with E-state index in [0.29, 0.717) is 30.9 Å². The summed E-state index contributed by atoms with van der Waals surface area (Å²) in [6, 6.07) is 0. The summed E-state index contributed by atoms with van der Waals surface area (Å²) in [5.41, 5.74) is -0.192. The molecule has 0 bridgehead atoms. The maximum absolute atomic E-state index is 11.4. The molecule has 102 valence electrons. The molecule has 0 spiro atoms. The number of nitrogens with zero attached hydrogens (tertiary/aromatic N) is 4. The van der Waals surface area contributed by atoms with E-state index >= 15 is 0 Å². The lowest BCUT2D eigenvalue weighted by Crippen LogP contribution is -2.37. The minimum absolute atomic E-state index is 0.314. The van der Waals surface area contributed by atoms with Crippen molar-refractivity contribution in [3.05, 3.63) is 18.7 Å². The number of carboxylic acid groups (broad SMARTS) is 1. The second-order valence-electron chi connectivity index (χ2n) is 4.48. The average Bonchev–Trinajstić information content (AvgIpc) is 2.89. The summed E-state index contributed by atoms with van der Waals surface area (Å²) < 4.78 is 1.73. The number of hydrogen-bond acceptors (Lipinski definition) is 5. The number of anilines is 1. The third-order valence-corrected chi connectivity index (χ3v) is 3.62. The molecule has 0 radical (unpaired) electrons. The Kier molecular flexibility index (Phi) is 3.64. The summed E-state index contributed by atoms with van der Waals surface area (Å²) in [7, 11) is 0. The number of aromatic nitrogens is 4. The molecule has 2 heterocycles. The van der Waals surface area contributed by atoms with E-state index in [1.165, 1.54) is 0 Å². The van der Waals surface area contributed by atoms with Gasteiger partial charge in [-0.2, -0.15) is 0 Å². The number of fused-ring (bicyclic) bond motifs is 1. The van der Waals surface area contributed by atoms with Crippen LogP contribution in [0.25, 0.3) is 5.65 Å². The van der Waals surface area contributed by atoms with Gasteiger partial charge >= 0.3 is 5.97 Å². The Balaban J connectivity index is 2.22. The fourth-order valence-corrected chi connectivity index (χ4v) is 2.01. The molecule has 2 rings (SSSR count). The van der Waals surface area contributed by atoms with E-state index in [1.54, 1.807) is 23.1 Å². The van der Waals surface area contributed by atoms with Gasteiger partial charge in [0.25, 0.3) is 0 Å². The fraction of sp³-hybridized carbons (Fsp3) is 0.500. The minimum Gasteiger partial charge on any atom is -0.481 e. The van der Waals surface area contributed by atoms with E-state index < -0.39 is 11.4 Å². The highest BCUT2D eigenvalue weighted by molar-refractivity contribution is 5.75. The lowest BCUT2D eigenvalue weighted by molar-refractivity contribution is -0.148. The molecular formula is C12H17N5O2. The molecule has 0 unspecified atom stereocenters. The maximum atomic E-state index is 11.4. The monoisotopic (exact) mass is 263 g/mol. The number of aliphatic carboxylic acids is 1. The maximum Gasteiger partial charge on any atom is 0.311 e. The minimum atomic E-state index is -0.793. The largest absolute Gasteiger partial charge is 0.481 e. The van der Waals surface area contributed by atoms with Gasteiger partial charge in [0.2, 0.25) is 5.65 Å². The first kappa shape index (κ1) is 13.3. The zero-order valence-corrected chi connectivity index (χ0v) is 11.0. The number of carboxylic acids is 1. The summed E-state index contributed by atoms with van der Waals surface area (Å²) in [5, 5.41) is 20.2. The van der Waals surface area contributed by atoms with Gasteiger partial charge in [0.15, 0.2) is 5.82 Å². The molecule has 19 heavy (non-hydrogen) atoms. The van der Waals surface area contributed by atoms with Crippen LogP contribution in [0.4, 0.5) is 5.82 Å². The first-order valence-corrected chi connectivity index (χ1v) is 6.24. The van der Waals surface area contributed by atoms with Crippen LogP contribution in [0.3, 0.4) is 0 Å². The highest BCUT2D eigenvalue weighted by atomic mass is 16.4. The standard InChI is InChI=1S/C12H17N5O2/c1-3-12(4-2,11(18)19)7-14-9-10-16-15-8-17(10)6-5-13-9/h5-6,8H,3-4,7H2,1-2H3,(H,13,14)(H,18,19). The van der Waals surface area contributed by atoms with Crippen molar-refractivity contribution in [3.63, 3.8) is 0 Å². The van der Waals surface area contributed by atoms with Crippen LogP contribution in [0.5, 0.6) is 0 Å². The van der Waals surface area contributed by atoms with Gasteiger partial charge in [-0.15, -0.1) is 10.2 Å². The summed E-state index contributed by atoms with van der Waals surface area (Å²) >= 11 is 0. The van der Waals surface area contributed by atoms with Crippen LogP contribution >= 0.6 is 0 Å². The van der Waals surface area contributed by atoms with Crippen molar-refractivity contribution >= 4 is 17.4 Å². The third kappa shape index (κ3) is 2.35. The molecule has 0 aromatic carbocycles. The first-order chi connectivity index (χ1) is 9.13. The number of nitrogens with one attached hydrogen (secondary N) is 1.